The molecule has 3 N–H and O–H groups in total. The number of carbonyl (C=O) groups excluding carboxylic acids is 1. The lowest BCUT2D eigenvalue weighted by atomic mass is 10.2. The van der Waals surface area contributed by atoms with Gasteiger partial charge >= 0.3 is 6.09 Å². The van der Waals surface area contributed by atoms with E-state index in [-0.39, 0.29) is 5.75 Å². The molecular formula is C18H22N2O3S. The van der Waals surface area contributed by atoms with Gasteiger partial charge in [-0.3, -0.25) is 4.90 Å². The number of ether oxygens (including phenoxy) is 1. The SMILES string of the molecule is CN(C(=O)OC(C)(C)C)c1cc(Sc2ccc(O)cc2)ccc1N. The van der Waals surface area contributed by atoms with Crippen molar-refractivity contribution < 1.29 is 14.6 Å². The number of hydrogen-bond acceptors (Lipinski definition) is 5. The Morgan fingerprint density at radius 3 is 2.29 bits per heavy atom. The van der Waals surface area contributed by atoms with Crippen molar-refractivity contribution in [3.05, 3.63) is 42.5 Å². The van der Waals surface area contributed by atoms with Crippen molar-refractivity contribution in [1.82, 2.24) is 0 Å². The van der Waals surface area contributed by atoms with Crippen molar-refractivity contribution >= 4 is 29.2 Å². The van der Waals surface area contributed by atoms with Crippen LogP contribution in [0.15, 0.2) is 52.3 Å². The Balaban J connectivity index is 2.21. The Morgan fingerprint density at radius 2 is 1.71 bits per heavy atom. The second kappa shape index (κ2) is 7.05. The average Bonchev–Trinajstić information content (AvgIpc) is 2.49. The fourth-order valence-electron chi connectivity index (χ4n) is 1.96. The second-order valence-electron chi connectivity index (χ2n) is 6.36. The maximum absolute atomic E-state index is 12.2. The molecule has 0 saturated heterocycles. The van der Waals surface area contributed by atoms with Crippen molar-refractivity contribution in [2.24, 2.45) is 0 Å². The molecule has 0 aliphatic rings. The third-order valence-corrected chi connectivity index (χ3v) is 4.10. The summed E-state index contributed by atoms with van der Waals surface area (Å²) in [5.74, 6) is 0.224. The van der Waals surface area contributed by atoms with Crippen LogP contribution in [-0.2, 0) is 4.74 Å². The lowest BCUT2D eigenvalue weighted by Gasteiger charge is -2.25. The number of aromatic hydroxyl groups is 1. The summed E-state index contributed by atoms with van der Waals surface area (Å²) in [4.78, 5) is 15.5. The fourth-order valence-corrected chi connectivity index (χ4v) is 2.81. The minimum atomic E-state index is -0.571. The molecule has 0 saturated carbocycles. The van der Waals surface area contributed by atoms with Crippen LogP contribution in [0.5, 0.6) is 5.75 Å². The number of benzene rings is 2. The predicted octanol–water partition coefficient (Wildman–Crippen LogP) is 4.50. The highest BCUT2D eigenvalue weighted by Crippen LogP contribution is 2.34. The Hall–Kier alpha value is -2.34. The highest BCUT2D eigenvalue weighted by Gasteiger charge is 2.22. The second-order valence-corrected chi connectivity index (χ2v) is 7.50. The number of nitrogens with two attached hydrogens (primary N) is 1. The summed E-state index contributed by atoms with van der Waals surface area (Å²) < 4.78 is 5.38. The zero-order valence-electron chi connectivity index (χ0n) is 14.2. The first kappa shape index (κ1) is 18.0. The molecule has 0 spiro atoms. The van der Waals surface area contributed by atoms with E-state index in [2.05, 4.69) is 0 Å². The third-order valence-electron chi connectivity index (χ3n) is 3.10. The van der Waals surface area contributed by atoms with Gasteiger partial charge in [0.15, 0.2) is 0 Å². The topological polar surface area (TPSA) is 75.8 Å². The first-order valence-corrected chi connectivity index (χ1v) is 8.30. The van der Waals surface area contributed by atoms with E-state index in [1.165, 1.54) is 16.7 Å². The van der Waals surface area contributed by atoms with E-state index in [0.717, 1.165) is 9.79 Å². The van der Waals surface area contributed by atoms with Gasteiger partial charge in [0.1, 0.15) is 11.4 Å². The lowest BCUT2D eigenvalue weighted by Crippen LogP contribution is -2.34. The van der Waals surface area contributed by atoms with Crippen LogP contribution >= 0.6 is 11.8 Å². The number of rotatable bonds is 3. The largest absolute Gasteiger partial charge is 0.508 e. The number of carbonyl (C=O) groups is 1. The van der Waals surface area contributed by atoms with Crippen molar-refractivity contribution in [3.63, 3.8) is 0 Å². The number of nitrogens with zero attached hydrogens (tertiary/aromatic N) is 1. The zero-order chi connectivity index (χ0) is 17.9. The molecule has 2 aromatic rings. The third kappa shape index (κ3) is 4.83. The van der Waals surface area contributed by atoms with Crippen LogP contribution in [0, 0.1) is 0 Å². The summed E-state index contributed by atoms with van der Waals surface area (Å²) in [5, 5.41) is 9.35. The Kier molecular flexibility index (Phi) is 5.29. The summed E-state index contributed by atoms with van der Waals surface area (Å²) >= 11 is 1.52. The molecule has 0 unspecified atom stereocenters. The molecule has 0 heterocycles. The van der Waals surface area contributed by atoms with Crippen LogP contribution in [0.1, 0.15) is 20.8 Å². The molecule has 5 nitrogen and oxygen atoms in total. The molecule has 2 rings (SSSR count). The van der Waals surface area contributed by atoms with Gasteiger partial charge in [0.05, 0.1) is 11.4 Å². The van der Waals surface area contributed by atoms with Crippen LogP contribution in [0.3, 0.4) is 0 Å². The highest BCUT2D eigenvalue weighted by molar-refractivity contribution is 7.99. The minimum absolute atomic E-state index is 0.224. The van der Waals surface area contributed by atoms with E-state index in [0.29, 0.717) is 11.4 Å². The standard InChI is InChI=1S/C18H22N2O3S/c1-18(2,3)23-17(22)20(4)16-11-14(9-10-15(16)19)24-13-7-5-12(21)6-8-13/h5-11,21H,19H2,1-4H3. The molecule has 0 aliphatic carbocycles. The molecule has 6 heteroatoms. The van der Waals surface area contributed by atoms with Gasteiger partial charge in [-0.15, -0.1) is 0 Å². The number of amides is 1. The summed E-state index contributed by atoms with van der Waals surface area (Å²) in [6, 6.07) is 12.4. The zero-order valence-corrected chi connectivity index (χ0v) is 15.1. The van der Waals surface area contributed by atoms with Crippen LogP contribution < -0.4 is 10.6 Å². The van der Waals surface area contributed by atoms with Crippen molar-refractivity contribution in [2.45, 2.75) is 36.2 Å². The van der Waals surface area contributed by atoms with Crippen molar-refractivity contribution in [2.75, 3.05) is 17.7 Å². The van der Waals surface area contributed by atoms with Crippen LogP contribution in [0.4, 0.5) is 16.2 Å². The van der Waals surface area contributed by atoms with Gasteiger partial charge in [-0.05, 0) is 63.2 Å². The van der Waals surface area contributed by atoms with Crippen LogP contribution in [0.2, 0.25) is 0 Å². The molecule has 0 aromatic heterocycles. The van der Waals surface area contributed by atoms with Gasteiger partial charge in [-0.25, -0.2) is 4.79 Å². The number of phenols is 1. The van der Waals surface area contributed by atoms with Gasteiger partial charge in [0.2, 0.25) is 0 Å². The highest BCUT2D eigenvalue weighted by atomic mass is 32.2. The van der Waals surface area contributed by atoms with Gasteiger partial charge in [0, 0.05) is 16.8 Å². The van der Waals surface area contributed by atoms with Gasteiger partial charge < -0.3 is 15.6 Å². The maximum Gasteiger partial charge on any atom is 0.414 e. The number of hydrogen-bond donors (Lipinski definition) is 2. The molecule has 24 heavy (non-hydrogen) atoms. The normalized spacial score (nSPS) is 11.2. The van der Waals surface area contributed by atoms with E-state index in [1.54, 1.807) is 25.2 Å². The first-order valence-electron chi connectivity index (χ1n) is 7.49. The quantitative estimate of drug-likeness (QED) is 0.801. The van der Waals surface area contributed by atoms with E-state index in [4.69, 9.17) is 10.5 Å². The number of nitrogen functional groups attached to an aromatic ring is 1. The molecule has 128 valence electrons. The van der Waals surface area contributed by atoms with E-state index in [9.17, 15) is 9.90 Å². The smallest absolute Gasteiger partial charge is 0.414 e. The summed E-state index contributed by atoms with van der Waals surface area (Å²) in [7, 11) is 1.63. The number of anilines is 2. The summed E-state index contributed by atoms with van der Waals surface area (Å²) in [6.07, 6.45) is -0.457. The minimum Gasteiger partial charge on any atom is -0.508 e. The van der Waals surface area contributed by atoms with E-state index >= 15 is 0 Å². The number of phenolic OH excluding ortho intramolecular Hbond substituents is 1. The van der Waals surface area contributed by atoms with Crippen LogP contribution in [0.25, 0.3) is 0 Å². The maximum atomic E-state index is 12.2. The molecule has 0 radical (unpaired) electrons. The Labute approximate surface area is 146 Å². The molecule has 2 aromatic carbocycles. The Bertz CT molecular complexity index is 724. The summed E-state index contributed by atoms with van der Waals surface area (Å²) in [5.41, 5.74) is 6.53. The first-order chi connectivity index (χ1) is 11.2. The average molecular weight is 346 g/mol. The fraction of sp³-hybridized carbons (Fsp3) is 0.278. The van der Waals surface area contributed by atoms with Gasteiger partial charge in [-0.1, -0.05) is 11.8 Å². The molecule has 0 fully saturated rings. The molecule has 0 atom stereocenters. The predicted molar refractivity (Wildman–Crippen MR) is 97.7 cm³/mol. The molecule has 0 aliphatic heterocycles. The Morgan fingerprint density at radius 1 is 1.12 bits per heavy atom. The monoisotopic (exact) mass is 346 g/mol. The summed E-state index contributed by atoms with van der Waals surface area (Å²) in [6.45, 7) is 5.46. The van der Waals surface area contributed by atoms with Crippen LogP contribution in [-0.4, -0.2) is 23.8 Å². The van der Waals surface area contributed by atoms with Gasteiger partial charge in [0.25, 0.3) is 0 Å². The molecule has 0 bridgehead atoms. The van der Waals surface area contributed by atoms with E-state index < -0.39 is 11.7 Å². The molecule has 1 amide bonds. The van der Waals surface area contributed by atoms with Gasteiger partial charge in [-0.2, -0.15) is 0 Å². The van der Waals surface area contributed by atoms with Crippen molar-refractivity contribution in [3.8, 4) is 5.75 Å². The van der Waals surface area contributed by atoms with E-state index in [1.807, 2.05) is 45.0 Å². The molecular weight excluding hydrogens is 324 g/mol. The van der Waals surface area contributed by atoms with Crippen molar-refractivity contribution in [1.29, 1.82) is 0 Å². The lowest BCUT2D eigenvalue weighted by molar-refractivity contribution is 0.0589.